The van der Waals surface area contributed by atoms with E-state index >= 15 is 0 Å². The Morgan fingerprint density at radius 2 is 2.04 bits per heavy atom. The van der Waals surface area contributed by atoms with Gasteiger partial charge in [-0.3, -0.25) is 9.59 Å². The fourth-order valence-corrected chi connectivity index (χ4v) is 3.18. The van der Waals surface area contributed by atoms with E-state index in [9.17, 15) is 9.59 Å². The van der Waals surface area contributed by atoms with Gasteiger partial charge in [0.2, 0.25) is 11.8 Å². The van der Waals surface area contributed by atoms with Crippen LogP contribution in [0.4, 0.5) is 0 Å². The van der Waals surface area contributed by atoms with Gasteiger partial charge in [-0.15, -0.1) is 0 Å². The van der Waals surface area contributed by atoms with Gasteiger partial charge >= 0.3 is 0 Å². The van der Waals surface area contributed by atoms with E-state index in [0.29, 0.717) is 32.5 Å². The van der Waals surface area contributed by atoms with Crippen LogP contribution in [-0.2, 0) is 20.7 Å². The maximum absolute atomic E-state index is 12.5. The summed E-state index contributed by atoms with van der Waals surface area (Å²) in [6.07, 6.45) is 0.691. The van der Waals surface area contributed by atoms with Crippen molar-refractivity contribution in [2.75, 3.05) is 33.9 Å². The van der Waals surface area contributed by atoms with Crippen molar-refractivity contribution < 1.29 is 19.1 Å². The number of rotatable bonds is 3. The van der Waals surface area contributed by atoms with E-state index in [1.54, 1.807) is 24.0 Å². The third-order valence-electron chi connectivity index (χ3n) is 4.64. The van der Waals surface area contributed by atoms with Crippen LogP contribution in [0.25, 0.3) is 0 Å². The summed E-state index contributed by atoms with van der Waals surface area (Å²) in [5.41, 5.74) is 0.952. The lowest BCUT2D eigenvalue weighted by Gasteiger charge is -2.25. The highest BCUT2D eigenvalue weighted by Crippen LogP contribution is 2.23. The quantitative estimate of drug-likeness (QED) is 0.823. The number of carbonyl (C=O) groups is 2. The van der Waals surface area contributed by atoms with E-state index < -0.39 is 0 Å². The lowest BCUT2D eigenvalue weighted by atomic mass is 10.1. The van der Waals surface area contributed by atoms with Gasteiger partial charge in [0.25, 0.3) is 0 Å². The first kappa shape index (κ1) is 15.8. The summed E-state index contributed by atoms with van der Waals surface area (Å²) in [5.74, 6) is 0.924. The van der Waals surface area contributed by atoms with Crippen molar-refractivity contribution in [2.45, 2.75) is 25.0 Å². The Bertz CT molecular complexity index is 587. The molecule has 2 saturated heterocycles. The molecule has 0 saturated carbocycles. The summed E-state index contributed by atoms with van der Waals surface area (Å²) in [7, 11) is 3.42. The second-order valence-electron chi connectivity index (χ2n) is 6.05. The summed E-state index contributed by atoms with van der Waals surface area (Å²) in [6, 6.07) is 7.47. The molecule has 2 atom stereocenters. The van der Waals surface area contributed by atoms with Crippen molar-refractivity contribution in [3.63, 3.8) is 0 Å². The van der Waals surface area contributed by atoms with Crippen LogP contribution in [0, 0.1) is 0 Å². The summed E-state index contributed by atoms with van der Waals surface area (Å²) >= 11 is 0. The van der Waals surface area contributed by atoms with Crippen molar-refractivity contribution in [1.82, 2.24) is 9.80 Å². The van der Waals surface area contributed by atoms with Crippen LogP contribution in [0.2, 0.25) is 0 Å². The molecule has 2 amide bonds. The number of ether oxygens (including phenoxy) is 2. The molecule has 124 valence electrons. The molecule has 23 heavy (non-hydrogen) atoms. The van der Waals surface area contributed by atoms with E-state index in [1.807, 2.05) is 24.3 Å². The second-order valence-corrected chi connectivity index (χ2v) is 6.05. The van der Waals surface area contributed by atoms with Gasteiger partial charge in [0, 0.05) is 20.1 Å². The standard InChI is InChI=1S/C17H22N2O4/c1-18-14-10-19(11-15(14)23-8-7-16(18)20)17(21)9-12-3-5-13(22-2)6-4-12/h3-6,14-15H,7-11H2,1-2H3/t14-,15-/m0/s1. The van der Waals surface area contributed by atoms with Crippen LogP contribution in [0.5, 0.6) is 5.75 Å². The Morgan fingerprint density at radius 1 is 1.30 bits per heavy atom. The molecule has 2 aliphatic heterocycles. The van der Waals surface area contributed by atoms with E-state index in [2.05, 4.69) is 0 Å². The molecule has 0 bridgehead atoms. The Labute approximate surface area is 136 Å². The van der Waals surface area contributed by atoms with Gasteiger partial charge in [0.15, 0.2) is 0 Å². The summed E-state index contributed by atoms with van der Waals surface area (Å²) < 4.78 is 10.9. The third kappa shape index (κ3) is 3.32. The maximum atomic E-state index is 12.5. The van der Waals surface area contributed by atoms with Crippen molar-refractivity contribution in [3.05, 3.63) is 29.8 Å². The van der Waals surface area contributed by atoms with Gasteiger partial charge in [-0.1, -0.05) is 12.1 Å². The number of benzene rings is 1. The van der Waals surface area contributed by atoms with Crippen LogP contribution in [0.3, 0.4) is 0 Å². The maximum Gasteiger partial charge on any atom is 0.227 e. The van der Waals surface area contributed by atoms with E-state index in [1.165, 1.54) is 0 Å². The molecule has 2 aliphatic rings. The molecular formula is C17H22N2O4. The van der Waals surface area contributed by atoms with E-state index in [-0.39, 0.29) is 24.0 Å². The molecule has 1 aromatic carbocycles. The molecule has 2 fully saturated rings. The first-order valence-corrected chi connectivity index (χ1v) is 7.86. The number of likely N-dealkylation sites (tertiary alicyclic amines) is 1. The molecular weight excluding hydrogens is 296 g/mol. The largest absolute Gasteiger partial charge is 0.497 e. The number of nitrogens with zero attached hydrogens (tertiary/aromatic N) is 2. The Morgan fingerprint density at radius 3 is 2.74 bits per heavy atom. The fourth-order valence-electron chi connectivity index (χ4n) is 3.18. The topological polar surface area (TPSA) is 59.1 Å². The Kier molecular flexibility index (Phi) is 4.52. The molecule has 0 aliphatic carbocycles. The molecule has 0 unspecified atom stereocenters. The molecule has 0 N–H and O–H groups in total. The first-order valence-electron chi connectivity index (χ1n) is 7.86. The number of fused-ring (bicyclic) bond motifs is 1. The first-order chi connectivity index (χ1) is 11.1. The molecule has 6 nitrogen and oxygen atoms in total. The minimum atomic E-state index is -0.0775. The zero-order chi connectivity index (χ0) is 16.4. The third-order valence-corrected chi connectivity index (χ3v) is 4.64. The van der Waals surface area contributed by atoms with Crippen LogP contribution in [0.15, 0.2) is 24.3 Å². The fraction of sp³-hybridized carbons (Fsp3) is 0.529. The summed E-state index contributed by atoms with van der Waals surface area (Å²) in [6.45, 7) is 1.53. The summed E-state index contributed by atoms with van der Waals surface area (Å²) in [4.78, 5) is 28.0. The highest BCUT2D eigenvalue weighted by Gasteiger charge is 2.41. The second kappa shape index (κ2) is 6.58. The normalized spacial score (nSPS) is 24.3. The summed E-state index contributed by atoms with van der Waals surface area (Å²) in [5, 5.41) is 0. The van der Waals surface area contributed by atoms with Crippen molar-refractivity contribution >= 4 is 11.8 Å². The van der Waals surface area contributed by atoms with Gasteiger partial charge in [0.1, 0.15) is 5.75 Å². The number of carbonyl (C=O) groups excluding carboxylic acids is 2. The van der Waals surface area contributed by atoms with Crippen LogP contribution >= 0.6 is 0 Å². The van der Waals surface area contributed by atoms with Gasteiger partial charge in [0.05, 0.1) is 38.7 Å². The molecule has 6 heteroatoms. The molecule has 2 heterocycles. The lowest BCUT2D eigenvalue weighted by molar-refractivity contribution is -0.133. The molecule has 1 aromatic rings. The average Bonchev–Trinajstić information content (AvgIpc) is 2.94. The monoisotopic (exact) mass is 318 g/mol. The predicted octanol–water partition coefficient (Wildman–Crippen LogP) is 0.696. The van der Waals surface area contributed by atoms with E-state index in [0.717, 1.165) is 11.3 Å². The number of methoxy groups -OCH3 is 1. The molecule has 0 spiro atoms. The molecule has 0 radical (unpaired) electrons. The minimum Gasteiger partial charge on any atom is -0.497 e. The van der Waals surface area contributed by atoms with Gasteiger partial charge < -0.3 is 19.3 Å². The SMILES string of the molecule is COc1ccc(CC(=O)N2C[C@@H]3OCCC(=O)N(C)[C@H]3C2)cc1. The predicted molar refractivity (Wildman–Crippen MR) is 84.2 cm³/mol. The van der Waals surface area contributed by atoms with Gasteiger partial charge in [-0.2, -0.15) is 0 Å². The number of amides is 2. The van der Waals surface area contributed by atoms with Crippen LogP contribution in [0.1, 0.15) is 12.0 Å². The zero-order valence-electron chi connectivity index (χ0n) is 13.5. The van der Waals surface area contributed by atoms with Crippen LogP contribution in [-0.4, -0.2) is 67.6 Å². The Balaban J connectivity index is 1.63. The van der Waals surface area contributed by atoms with Crippen molar-refractivity contribution in [1.29, 1.82) is 0 Å². The highest BCUT2D eigenvalue weighted by molar-refractivity contribution is 5.80. The Hall–Kier alpha value is -2.08. The minimum absolute atomic E-state index is 0.0372. The van der Waals surface area contributed by atoms with Gasteiger partial charge in [-0.05, 0) is 17.7 Å². The zero-order valence-corrected chi connectivity index (χ0v) is 13.5. The van der Waals surface area contributed by atoms with Crippen molar-refractivity contribution in [2.24, 2.45) is 0 Å². The van der Waals surface area contributed by atoms with Gasteiger partial charge in [-0.25, -0.2) is 0 Å². The highest BCUT2D eigenvalue weighted by atomic mass is 16.5. The van der Waals surface area contributed by atoms with Crippen molar-refractivity contribution in [3.8, 4) is 5.75 Å². The van der Waals surface area contributed by atoms with Crippen LogP contribution < -0.4 is 4.74 Å². The smallest absolute Gasteiger partial charge is 0.227 e. The molecule has 3 rings (SSSR count). The average molecular weight is 318 g/mol. The van der Waals surface area contributed by atoms with E-state index in [4.69, 9.17) is 9.47 Å². The lowest BCUT2D eigenvalue weighted by Crippen LogP contribution is -2.43. The number of hydrogen-bond acceptors (Lipinski definition) is 4. The number of likely N-dealkylation sites (N-methyl/N-ethyl adjacent to an activating group) is 1. The number of hydrogen-bond donors (Lipinski definition) is 0. The molecule has 0 aromatic heterocycles.